The Morgan fingerprint density at radius 1 is 1.38 bits per heavy atom. The summed E-state index contributed by atoms with van der Waals surface area (Å²) < 4.78 is 15.5. The van der Waals surface area contributed by atoms with Crippen LogP contribution in [0.4, 0.5) is 0 Å². The molecule has 3 aromatic heterocycles. The quantitative estimate of drug-likeness (QED) is 0.569. The minimum Gasteiger partial charge on any atom is -0.454 e. The minimum absolute atomic E-state index is 0.0362. The van der Waals surface area contributed by atoms with Gasteiger partial charge in [-0.2, -0.15) is 5.10 Å². The lowest BCUT2D eigenvalue weighted by atomic mass is 10.3. The van der Waals surface area contributed by atoms with Crippen molar-refractivity contribution in [3.63, 3.8) is 0 Å². The SMILES string of the molecule is [2H]c1nc2c(cnn2-c2csc(C(=O)NC)c2)cc1Oc1ccccc1Cl. The Morgan fingerprint density at radius 2 is 2.23 bits per heavy atom. The maximum absolute atomic E-state index is 11.8. The number of carbonyl (C=O) groups is 1. The van der Waals surface area contributed by atoms with E-state index in [4.69, 9.17) is 17.7 Å². The Labute approximate surface area is 159 Å². The lowest BCUT2D eigenvalue weighted by Gasteiger charge is -2.07. The van der Waals surface area contributed by atoms with E-state index in [2.05, 4.69) is 15.4 Å². The number of aromatic nitrogens is 3. The number of thiophene rings is 1. The third kappa shape index (κ3) is 3.02. The van der Waals surface area contributed by atoms with E-state index < -0.39 is 0 Å². The van der Waals surface area contributed by atoms with Gasteiger partial charge >= 0.3 is 0 Å². The number of halogens is 1. The zero-order chi connectivity index (χ0) is 19.0. The predicted molar refractivity (Wildman–Crippen MR) is 102 cm³/mol. The van der Waals surface area contributed by atoms with Crippen LogP contribution in [0.2, 0.25) is 5.02 Å². The lowest BCUT2D eigenvalue weighted by molar-refractivity contribution is 0.0967. The predicted octanol–water partition coefficient (Wildman–Crippen LogP) is 4.29. The average Bonchev–Trinajstić information content (AvgIpc) is 3.30. The molecule has 8 heteroatoms. The van der Waals surface area contributed by atoms with E-state index in [1.807, 2.05) is 5.38 Å². The number of amides is 1. The smallest absolute Gasteiger partial charge is 0.261 e. The van der Waals surface area contributed by atoms with Crippen LogP contribution < -0.4 is 10.1 Å². The largest absolute Gasteiger partial charge is 0.454 e. The van der Waals surface area contributed by atoms with Crippen molar-refractivity contribution in [1.82, 2.24) is 20.1 Å². The van der Waals surface area contributed by atoms with Gasteiger partial charge < -0.3 is 10.1 Å². The Bertz CT molecular complexity index is 1160. The fraction of sp³-hybridized carbons (Fsp3) is 0.0556. The van der Waals surface area contributed by atoms with E-state index in [0.717, 1.165) is 0 Å². The van der Waals surface area contributed by atoms with Crippen molar-refractivity contribution in [2.45, 2.75) is 0 Å². The maximum atomic E-state index is 11.8. The van der Waals surface area contributed by atoms with Gasteiger partial charge in [0.2, 0.25) is 0 Å². The van der Waals surface area contributed by atoms with Crippen molar-refractivity contribution in [3.8, 4) is 17.2 Å². The number of pyridine rings is 1. The number of carbonyl (C=O) groups excluding carboxylic acids is 1. The van der Waals surface area contributed by atoms with Crippen LogP contribution in [0.5, 0.6) is 11.5 Å². The second-order valence-corrected chi connectivity index (χ2v) is 6.67. The Balaban J connectivity index is 1.72. The number of ether oxygens (including phenoxy) is 1. The van der Waals surface area contributed by atoms with Crippen molar-refractivity contribution in [2.75, 3.05) is 7.05 Å². The van der Waals surface area contributed by atoms with Crippen LogP contribution in [0, 0.1) is 0 Å². The normalized spacial score (nSPS) is 11.4. The van der Waals surface area contributed by atoms with Gasteiger partial charge in [-0.1, -0.05) is 23.7 Å². The highest BCUT2D eigenvalue weighted by Crippen LogP contribution is 2.30. The standard InChI is InChI=1S/C18H13ClN4O2S/c1-20-18(24)16-7-12(10-26-16)23-17-11(8-22-23)6-13(9-21-17)25-15-5-3-2-4-14(15)19/h2-10H,1H3,(H,20,24)/i9D. The third-order valence-electron chi connectivity index (χ3n) is 3.67. The fourth-order valence-corrected chi connectivity index (χ4v) is 3.40. The van der Waals surface area contributed by atoms with Gasteiger partial charge in [0.05, 0.1) is 29.3 Å². The molecule has 0 radical (unpaired) electrons. The Hall–Kier alpha value is -2.90. The van der Waals surface area contributed by atoms with Crippen LogP contribution in [0.3, 0.4) is 0 Å². The first-order valence-electron chi connectivity index (χ1n) is 8.15. The number of rotatable bonds is 4. The van der Waals surface area contributed by atoms with Crippen LogP contribution in [-0.4, -0.2) is 27.7 Å². The van der Waals surface area contributed by atoms with Gasteiger partial charge in [-0.15, -0.1) is 11.3 Å². The van der Waals surface area contributed by atoms with Crippen molar-refractivity contribution in [2.24, 2.45) is 0 Å². The van der Waals surface area contributed by atoms with Crippen molar-refractivity contribution >= 4 is 39.9 Å². The summed E-state index contributed by atoms with van der Waals surface area (Å²) in [5, 5.41) is 9.90. The van der Waals surface area contributed by atoms with Gasteiger partial charge in [0, 0.05) is 17.8 Å². The molecule has 1 amide bonds. The average molecular weight is 386 g/mol. The van der Waals surface area contributed by atoms with Gasteiger partial charge in [-0.3, -0.25) is 4.79 Å². The molecule has 1 N–H and O–H groups in total. The highest BCUT2D eigenvalue weighted by Gasteiger charge is 2.13. The number of nitrogens with zero attached hydrogens (tertiary/aromatic N) is 3. The molecular weight excluding hydrogens is 372 g/mol. The van der Waals surface area contributed by atoms with Crippen LogP contribution in [0.15, 0.2) is 54.1 Å². The van der Waals surface area contributed by atoms with Gasteiger partial charge in [-0.05, 0) is 24.3 Å². The van der Waals surface area contributed by atoms with Crippen LogP contribution >= 0.6 is 22.9 Å². The molecule has 0 bridgehead atoms. The van der Waals surface area contributed by atoms with Crippen LogP contribution in [-0.2, 0) is 0 Å². The zero-order valence-corrected chi connectivity index (χ0v) is 15.1. The van der Waals surface area contributed by atoms with E-state index in [1.165, 1.54) is 11.3 Å². The van der Waals surface area contributed by atoms with Crippen LogP contribution in [0.1, 0.15) is 11.0 Å². The van der Waals surface area contributed by atoms with E-state index >= 15 is 0 Å². The molecule has 6 nitrogen and oxygen atoms in total. The van der Waals surface area contributed by atoms with Gasteiger partial charge in [-0.25, -0.2) is 9.67 Å². The zero-order valence-electron chi connectivity index (χ0n) is 14.6. The summed E-state index contributed by atoms with van der Waals surface area (Å²) in [7, 11) is 1.58. The summed E-state index contributed by atoms with van der Waals surface area (Å²) in [6.07, 6.45) is 1.60. The van der Waals surface area contributed by atoms with Gasteiger partial charge in [0.1, 0.15) is 11.5 Å². The van der Waals surface area contributed by atoms with Crippen LogP contribution in [0.25, 0.3) is 16.7 Å². The fourth-order valence-electron chi connectivity index (χ4n) is 2.42. The first-order valence-corrected chi connectivity index (χ1v) is 8.91. The maximum Gasteiger partial charge on any atom is 0.261 e. The molecule has 26 heavy (non-hydrogen) atoms. The summed E-state index contributed by atoms with van der Waals surface area (Å²) in [6, 6.07) is 10.5. The van der Waals surface area contributed by atoms with Crippen molar-refractivity contribution in [3.05, 3.63) is 64.0 Å². The number of fused-ring (bicyclic) bond motifs is 1. The third-order valence-corrected chi connectivity index (χ3v) is 4.90. The Morgan fingerprint density at radius 3 is 3.04 bits per heavy atom. The number of nitrogens with one attached hydrogen (secondary N) is 1. The Kier molecular flexibility index (Phi) is 4.00. The number of para-hydroxylation sites is 1. The summed E-state index contributed by atoms with van der Waals surface area (Å²) >= 11 is 7.43. The van der Waals surface area contributed by atoms with E-state index in [9.17, 15) is 4.79 Å². The van der Waals surface area contributed by atoms with Crippen molar-refractivity contribution in [1.29, 1.82) is 0 Å². The molecule has 4 aromatic rings. The van der Waals surface area contributed by atoms with Crippen molar-refractivity contribution < 1.29 is 10.9 Å². The molecule has 0 unspecified atom stereocenters. The number of benzene rings is 1. The molecular formula is C18H13ClN4O2S. The topological polar surface area (TPSA) is 69.0 Å². The molecule has 0 fully saturated rings. The number of hydrogen-bond donors (Lipinski definition) is 1. The lowest BCUT2D eigenvalue weighted by Crippen LogP contribution is -2.16. The summed E-state index contributed by atoms with van der Waals surface area (Å²) in [5.74, 6) is 0.577. The van der Waals surface area contributed by atoms with E-state index in [0.29, 0.717) is 32.4 Å². The first-order chi connectivity index (χ1) is 13.1. The molecule has 1 aromatic carbocycles. The molecule has 0 aliphatic rings. The second kappa shape index (κ2) is 6.78. The molecule has 0 atom stereocenters. The van der Waals surface area contributed by atoms with Gasteiger partial charge in [0.25, 0.3) is 5.91 Å². The summed E-state index contributed by atoms with van der Waals surface area (Å²) in [6.45, 7) is 0. The molecule has 0 saturated heterocycles. The highest BCUT2D eigenvalue weighted by molar-refractivity contribution is 7.12. The monoisotopic (exact) mass is 385 g/mol. The summed E-state index contributed by atoms with van der Waals surface area (Å²) in [4.78, 5) is 16.6. The molecule has 0 spiro atoms. The molecule has 130 valence electrons. The summed E-state index contributed by atoms with van der Waals surface area (Å²) in [5.41, 5.74) is 1.22. The molecule has 0 aliphatic carbocycles. The second-order valence-electron chi connectivity index (χ2n) is 5.35. The first kappa shape index (κ1) is 15.4. The minimum atomic E-state index is -0.160. The van der Waals surface area contributed by atoms with E-state index in [1.54, 1.807) is 54.3 Å². The highest BCUT2D eigenvalue weighted by atomic mass is 35.5. The van der Waals surface area contributed by atoms with Gasteiger partial charge in [0.15, 0.2) is 5.65 Å². The molecule has 0 aliphatic heterocycles. The number of hydrogen-bond acceptors (Lipinski definition) is 5. The van der Waals surface area contributed by atoms with E-state index in [-0.39, 0.29) is 17.8 Å². The molecule has 3 heterocycles. The molecule has 0 saturated carbocycles. The molecule has 4 rings (SSSR count).